The highest BCUT2D eigenvalue weighted by atomic mass is 19.2. The second kappa shape index (κ2) is 4.87. The van der Waals surface area contributed by atoms with Gasteiger partial charge in [-0.15, -0.1) is 0 Å². The molecule has 0 radical (unpaired) electrons. The van der Waals surface area contributed by atoms with Crippen LogP contribution in [0.15, 0.2) is 12.1 Å². The van der Waals surface area contributed by atoms with Gasteiger partial charge in [0.15, 0.2) is 11.6 Å². The summed E-state index contributed by atoms with van der Waals surface area (Å²) in [5.41, 5.74) is -0.489. The second-order valence-electron chi connectivity index (χ2n) is 5.39. The molecular weight excluding hydrogens is 255 g/mol. The van der Waals surface area contributed by atoms with Crippen molar-refractivity contribution < 1.29 is 18.0 Å². The molecule has 104 valence electrons. The first-order chi connectivity index (χ1) is 8.84. The summed E-state index contributed by atoms with van der Waals surface area (Å²) in [6, 6.07) is 1.43. The molecule has 1 heterocycles. The monoisotopic (exact) mass is 271 g/mol. The van der Waals surface area contributed by atoms with Crippen LogP contribution in [0.2, 0.25) is 0 Å². The summed E-state index contributed by atoms with van der Waals surface area (Å²) in [4.78, 5) is 11.4. The highest BCUT2D eigenvalue weighted by Crippen LogP contribution is 2.33. The Kier molecular flexibility index (Phi) is 3.56. The van der Waals surface area contributed by atoms with Gasteiger partial charge >= 0.3 is 0 Å². The smallest absolute Gasteiger partial charge is 0.220 e. The van der Waals surface area contributed by atoms with Gasteiger partial charge in [-0.2, -0.15) is 0 Å². The molecule has 1 saturated heterocycles. The van der Waals surface area contributed by atoms with Gasteiger partial charge in [0.05, 0.1) is 0 Å². The topological polar surface area (TPSA) is 29.1 Å². The van der Waals surface area contributed by atoms with Crippen molar-refractivity contribution in [3.05, 3.63) is 35.1 Å². The molecule has 1 fully saturated rings. The van der Waals surface area contributed by atoms with E-state index in [0.717, 1.165) is 6.07 Å². The number of rotatable bonds is 3. The molecule has 2 rings (SSSR count). The Morgan fingerprint density at radius 3 is 2.37 bits per heavy atom. The fourth-order valence-corrected chi connectivity index (χ4v) is 2.55. The van der Waals surface area contributed by atoms with Crippen LogP contribution >= 0.6 is 0 Å². The highest BCUT2D eigenvalue weighted by Gasteiger charge is 2.41. The molecular formula is C14H16F3NO. The quantitative estimate of drug-likeness (QED) is 0.841. The van der Waals surface area contributed by atoms with Gasteiger partial charge in [0.2, 0.25) is 5.91 Å². The van der Waals surface area contributed by atoms with E-state index >= 15 is 0 Å². The van der Waals surface area contributed by atoms with Crippen molar-refractivity contribution in [3.8, 4) is 0 Å². The van der Waals surface area contributed by atoms with Crippen LogP contribution in [0.25, 0.3) is 0 Å². The summed E-state index contributed by atoms with van der Waals surface area (Å²) in [6.07, 6.45) is 1.12. The predicted octanol–water partition coefficient (Wildman–Crippen LogP) is 2.95. The number of nitrogens with one attached hydrogen (secondary N) is 1. The lowest BCUT2D eigenvalue weighted by molar-refractivity contribution is -0.120. The second-order valence-corrected chi connectivity index (χ2v) is 5.39. The van der Waals surface area contributed by atoms with Gasteiger partial charge in [-0.05, 0) is 30.4 Å². The Morgan fingerprint density at radius 2 is 1.84 bits per heavy atom. The molecule has 0 saturated carbocycles. The molecule has 0 aliphatic carbocycles. The first kappa shape index (κ1) is 13.9. The first-order valence-corrected chi connectivity index (χ1v) is 6.28. The number of carbonyl (C=O) groups excluding carboxylic acids is 1. The van der Waals surface area contributed by atoms with Gasteiger partial charge in [-0.3, -0.25) is 4.79 Å². The minimum Gasteiger partial charge on any atom is -0.350 e. The molecule has 0 aromatic heterocycles. The zero-order chi connectivity index (χ0) is 14.2. The summed E-state index contributed by atoms with van der Waals surface area (Å²) in [6.45, 7) is 3.84. The van der Waals surface area contributed by atoms with Gasteiger partial charge in [0, 0.05) is 18.0 Å². The van der Waals surface area contributed by atoms with Gasteiger partial charge < -0.3 is 5.32 Å². The van der Waals surface area contributed by atoms with E-state index in [1.807, 2.05) is 13.8 Å². The highest BCUT2D eigenvalue weighted by molar-refractivity contribution is 5.79. The van der Waals surface area contributed by atoms with Crippen molar-refractivity contribution in [3.63, 3.8) is 0 Å². The maximum absolute atomic E-state index is 13.7. The molecule has 0 bridgehead atoms. The van der Waals surface area contributed by atoms with E-state index in [1.54, 1.807) is 0 Å². The molecule has 0 spiro atoms. The summed E-state index contributed by atoms with van der Waals surface area (Å²) in [5.74, 6) is -3.06. The maximum Gasteiger partial charge on any atom is 0.220 e. The molecule has 1 unspecified atom stereocenters. The van der Waals surface area contributed by atoms with Crippen molar-refractivity contribution >= 4 is 5.91 Å². The van der Waals surface area contributed by atoms with Crippen LogP contribution < -0.4 is 5.32 Å². The van der Waals surface area contributed by atoms with E-state index in [4.69, 9.17) is 0 Å². The van der Waals surface area contributed by atoms with Crippen molar-refractivity contribution in [1.29, 1.82) is 0 Å². The number of halogens is 3. The number of benzene rings is 1. The van der Waals surface area contributed by atoms with E-state index in [2.05, 4.69) is 5.32 Å². The SMILES string of the molecule is CC(C)C1(Cc2cc(F)c(F)cc2F)CCC(=O)N1. The molecule has 1 aliphatic rings. The molecule has 1 N–H and O–H groups in total. The van der Waals surface area contributed by atoms with Crippen molar-refractivity contribution in [2.45, 2.75) is 38.6 Å². The fourth-order valence-electron chi connectivity index (χ4n) is 2.55. The summed E-state index contributed by atoms with van der Waals surface area (Å²) in [5, 5.41) is 2.85. The Bertz CT molecular complexity index is 516. The van der Waals surface area contributed by atoms with E-state index in [1.165, 1.54) is 0 Å². The first-order valence-electron chi connectivity index (χ1n) is 6.28. The Balaban J connectivity index is 2.33. The predicted molar refractivity (Wildman–Crippen MR) is 65.0 cm³/mol. The van der Waals surface area contributed by atoms with E-state index in [-0.39, 0.29) is 23.8 Å². The van der Waals surface area contributed by atoms with Crippen molar-refractivity contribution in [1.82, 2.24) is 5.32 Å². The third kappa shape index (κ3) is 2.60. The normalized spacial score (nSPS) is 22.9. The van der Waals surface area contributed by atoms with Crippen molar-refractivity contribution in [2.24, 2.45) is 5.92 Å². The number of carbonyl (C=O) groups is 1. The standard InChI is InChI=1S/C14H16F3NO/c1-8(2)14(4-3-13(19)18-14)7-9-5-11(16)12(17)6-10(9)15/h5-6,8H,3-4,7H2,1-2H3,(H,18,19). The number of amides is 1. The van der Waals surface area contributed by atoms with Crippen LogP contribution in [0.5, 0.6) is 0 Å². The third-order valence-electron chi connectivity index (χ3n) is 3.89. The van der Waals surface area contributed by atoms with Crippen LogP contribution in [0.3, 0.4) is 0 Å². The number of hydrogen-bond acceptors (Lipinski definition) is 1. The lowest BCUT2D eigenvalue weighted by Crippen LogP contribution is -2.48. The van der Waals surface area contributed by atoms with Crippen molar-refractivity contribution in [2.75, 3.05) is 0 Å². The molecule has 1 aliphatic heterocycles. The van der Waals surface area contributed by atoms with Crippen LogP contribution in [-0.2, 0) is 11.2 Å². The fraction of sp³-hybridized carbons (Fsp3) is 0.500. The lowest BCUT2D eigenvalue weighted by atomic mass is 9.79. The van der Waals surface area contributed by atoms with E-state index in [0.29, 0.717) is 18.9 Å². The number of hydrogen-bond donors (Lipinski definition) is 1. The van der Waals surface area contributed by atoms with E-state index < -0.39 is 23.0 Å². The Morgan fingerprint density at radius 1 is 1.21 bits per heavy atom. The van der Waals surface area contributed by atoms with Crippen LogP contribution in [0.1, 0.15) is 32.3 Å². The summed E-state index contributed by atoms with van der Waals surface area (Å²) in [7, 11) is 0. The molecule has 2 nitrogen and oxygen atoms in total. The van der Waals surface area contributed by atoms with Gasteiger partial charge in [0.1, 0.15) is 5.82 Å². The molecule has 5 heteroatoms. The average molecular weight is 271 g/mol. The van der Waals surface area contributed by atoms with Crippen LogP contribution in [0.4, 0.5) is 13.2 Å². The van der Waals surface area contributed by atoms with E-state index in [9.17, 15) is 18.0 Å². The van der Waals surface area contributed by atoms with Gasteiger partial charge in [0.25, 0.3) is 0 Å². The molecule has 19 heavy (non-hydrogen) atoms. The Hall–Kier alpha value is -1.52. The molecule has 1 amide bonds. The lowest BCUT2D eigenvalue weighted by Gasteiger charge is -2.33. The summed E-state index contributed by atoms with van der Waals surface area (Å²) < 4.78 is 39.8. The summed E-state index contributed by atoms with van der Waals surface area (Å²) >= 11 is 0. The van der Waals surface area contributed by atoms with Crippen LogP contribution in [0, 0.1) is 23.4 Å². The van der Waals surface area contributed by atoms with Crippen LogP contribution in [-0.4, -0.2) is 11.4 Å². The molecule has 1 atom stereocenters. The van der Waals surface area contributed by atoms with Gasteiger partial charge in [-0.1, -0.05) is 13.8 Å². The minimum absolute atomic E-state index is 0.0754. The molecule has 1 aromatic rings. The minimum atomic E-state index is -1.20. The maximum atomic E-state index is 13.7. The zero-order valence-electron chi connectivity index (χ0n) is 10.9. The largest absolute Gasteiger partial charge is 0.350 e. The van der Waals surface area contributed by atoms with Gasteiger partial charge in [-0.25, -0.2) is 13.2 Å². The zero-order valence-corrected chi connectivity index (χ0v) is 10.9. The Labute approximate surface area is 110 Å². The molecule has 1 aromatic carbocycles. The average Bonchev–Trinajstić information content (AvgIpc) is 2.69. The third-order valence-corrected chi connectivity index (χ3v) is 3.89.